The van der Waals surface area contributed by atoms with Crippen LogP contribution in [0.3, 0.4) is 0 Å². The first-order chi connectivity index (χ1) is 37.1. The van der Waals surface area contributed by atoms with Gasteiger partial charge in [-0.3, -0.25) is 0 Å². The van der Waals surface area contributed by atoms with Gasteiger partial charge < -0.3 is 14.7 Å². The van der Waals surface area contributed by atoms with Crippen molar-refractivity contribution in [1.82, 2.24) is 0 Å². The maximum atomic E-state index is 2.64. The zero-order valence-electron chi connectivity index (χ0n) is 45.8. The molecule has 0 aromatic heterocycles. The van der Waals surface area contributed by atoms with Gasteiger partial charge in [-0.15, -0.1) is 0 Å². The van der Waals surface area contributed by atoms with Crippen molar-refractivity contribution < 1.29 is 0 Å². The van der Waals surface area contributed by atoms with Crippen LogP contribution in [0, 0.1) is 0 Å². The van der Waals surface area contributed by atoms with E-state index in [0.717, 1.165) is 28.4 Å². The third-order valence-electron chi connectivity index (χ3n) is 17.3. The van der Waals surface area contributed by atoms with Crippen LogP contribution in [-0.4, -0.2) is 6.71 Å². The summed E-state index contributed by atoms with van der Waals surface area (Å²) in [6.07, 6.45) is 0. The third-order valence-corrected chi connectivity index (χ3v) is 17.3. The van der Waals surface area contributed by atoms with E-state index < -0.39 is 5.41 Å². The van der Waals surface area contributed by atoms with E-state index in [0.29, 0.717) is 0 Å². The lowest BCUT2D eigenvalue weighted by atomic mass is 9.33. The molecule has 10 aromatic carbocycles. The zero-order chi connectivity index (χ0) is 52.8. The first-order valence-electron chi connectivity index (χ1n) is 27.6. The van der Waals surface area contributed by atoms with Gasteiger partial charge in [0, 0.05) is 51.2 Å². The van der Waals surface area contributed by atoms with Crippen LogP contribution in [0.25, 0.3) is 22.3 Å². The normalized spacial score (nSPS) is 14.3. The fraction of sp³-hybridized carbons (Fsp3) is 0.178. The molecule has 77 heavy (non-hydrogen) atoms. The predicted octanol–water partition coefficient (Wildman–Crippen LogP) is 17.5. The van der Waals surface area contributed by atoms with E-state index in [2.05, 4.69) is 301 Å². The number of anilines is 9. The molecule has 0 radical (unpaired) electrons. The number of rotatable bonds is 5. The Morgan fingerprint density at radius 1 is 0.325 bits per heavy atom. The summed E-state index contributed by atoms with van der Waals surface area (Å²) in [7, 11) is 0. The third kappa shape index (κ3) is 7.03. The van der Waals surface area contributed by atoms with Crippen molar-refractivity contribution in [2.75, 3.05) is 14.7 Å². The van der Waals surface area contributed by atoms with Crippen LogP contribution in [-0.2, 0) is 21.7 Å². The van der Waals surface area contributed by atoms with Crippen LogP contribution in [0.4, 0.5) is 51.2 Å². The molecule has 2 heterocycles. The first kappa shape index (κ1) is 47.1. The van der Waals surface area contributed by atoms with Crippen molar-refractivity contribution in [3.8, 4) is 22.3 Å². The number of fused-ring (bicyclic) bond motifs is 14. The van der Waals surface area contributed by atoms with E-state index in [-0.39, 0.29) is 23.0 Å². The van der Waals surface area contributed by atoms with Crippen LogP contribution < -0.4 is 31.1 Å². The monoisotopic (exact) mass is 994 g/mol. The molecule has 0 amide bonds. The predicted molar refractivity (Wildman–Crippen MR) is 328 cm³/mol. The minimum Gasteiger partial charge on any atom is -0.311 e. The van der Waals surface area contributed by atoms with Crippen molar-refractivity contribution in [1.29, 1.82) is 0 Å². The Morgan fingerprint density at radius 3 is 1.32 bits per heavy atom. The molecule has 14 rings (SSSR count). The molecule has 4 heteroatoms. The second-order valence-corrected chi connectivity index (χ2v) is 25.0. The van der Waals surface area contributed by atoms with Gasteiger partial charge in [0.2, 0.25) is 0 Å². The second kappa shape index (κ2) is 16.8. The van der Waals surface area contributed by atoms with Crippen molar-refractivity contribution in [3.63, 3.8) is 0 Å². The molecule has 0 N–H and O–H groups in total. The largest absolute Gasteiger partial charge is 0.311 e. The summed E-state index contributed by atoms with van der Waals surface area (Å²) in [5.41, 5.74) is 28.3. The summed E-state index contributed by atoms with van der Waals surface area (Å²) in [6, 6.07) is 85.7. The van der Waals surface area contributed by atoms with Gasteiger partial charge in [-0.2, -0.15) is 0 Å². The Balaban J connectivity index is 1.07. The molecule has 374 valence electrons. The standard InChI is InChI=1S/C73H64BN3/c1-70(2,3)47-32-35-52(36-33-47)76-66-46-54(75(50-22-12-10-13-23-50)51-24-14-11-15-25-51)38-40-63(66)74-64-42-48(71(4,5)6)34-41-65(64)77(68-44-49(72(7,8)9)43-67(76)69(68)74)53-37-39-58-57-28-18-21-31-61(57)73(62(58)45-53)59-29-19-16-26-55(59)56-27-17-20-30-60(56)73/h10-46H,1-9H3. The van der Waals surface area contributed by atoms with Gasteiger partial charge in [-0.1, -0.05) is 208 Å². The van der Waals surface area contributed by atoms with Crippen LogP contribution in [0.15, 0.2) is 224 Å². The fourth-order valence-electron chi connectivity index (χ4n) is 13.5. The number of hydrogen-bond donors (Lipinski definition) is 0. The van der Waals surface area contributed by atoms with Gasteiger partial charge in [0.15, 0.2) is 0 Å². The lowest BCUT2D eigenvalue weighted by Crippen LogP contribution is -2.61. The molecule has 2 aliphatic carbocycles. The Bertz CT molecular complexity index is 3900. The van der Waals surface area contributed by atoms with Crippen LogP contribution in [0.1, 0.15) is 101 Å². The van der Waals surface area contributed by atoms with Gasteiger partial charge in [0.05, 0.1) is 5.41 Å². The van der Waals surface area contributed by atoms with Gasteiger partial charge in [0.1, 0.15) is 0 Å². The lowest BCUT2D eigenvalue weighted by Gasteiger charge is -2.46. The average Bonchev–Trinajstić information content (AvgIpc) is 3.92. The Labute approximate surface area is 456 Å². The topological polar surface area (TPSA) is 9.72 Å². The first-order valence-corrected chi connectivity index (χ1v) is 27.6. The highest BCUT2D eigenvalue weighted by atomic mass is 15.2. The molecule has 10 aromatic rings. The van der Waals surface area contributed by atoms with E-state index in [1.165, 1.54) is 100 Å². The lowest BCUT2D eigenvalue weighted by molar-refractivity contribution is 0.590. The number of para-hydroxylation sites is 2. The minimum atomic E-state index is -0.473. The smallest absolute Gasteiger partial charge is 0.252 e. The SMILES string of the molecule is CC(C)(C)c1ccc(N2c3cc(N(c4ccccc4)c4ccccc4)ccc3B3c4cc(C(C)(C)C)ccc4N(c4ccc5c(c4)C4(c6ccccc6-c6ccccc64)c4ccccc4-5)c4cc(C(C)(C)C)cc2c43)cc1. The summed E-state index contributed by atoms with van der Waals surface area (Å²) in [6.45, 7) is 21.0. The molecule has 0 atom stereocenters. The summed E-state index contributed by atoms with van der Waals surface area (Å²) >= 11 is 0. The molecule has 3 nitrogen and oxygen atoms in total. The highest BCUT2D eigenvalue weighted by Gasteiger charge is 2.52. The average molecular weight is 994 g/mol. The van der Waals surface area contributed by atoms with Crippen molar-refractivity contribution in [2.24, 2.45) is 0 Å². The maximum absolute atomic E-state index is 2.64. The maximum Gasteiger partial charge on any atom is 0.252 e. The highest BCUT2D eigenvalue weighted by molar-refractivity contribution is 7.00. The van der Waals surface area contributed by atoms with Gasteiger partial charge in [-0.25, -0.2) is 0 Å². The van der Waals surface area contributed by atoms with E-state index in [1.807, 2.05) is 0 Å². The molecule has 0 fully saturated rings. The molecule has 0 saturated carbocycles. The molecular weight excluding hydrogens is 930 g/mol. The van der Waals surface area contributed by atoms with Crippen molar-refractivity contribution in [3.05, 3.63) is 263 Å². The van der Waals surface area contributed by atoms with Crippen molar-refractivity contribution >= 4 is 74.3 Å². The molecule has 0 unspecified atom stereocenters. The molecule has 2 aliphatic heterocycles. The van der Waals surface area contributed by atoms with Gasteiger partial charge in [-0.05, 0) is 173 Å². The van der Waals surface area contributed by atoms with Crippen molar-refractivity contribution in [2.45, 2.75) is 84.0 Å². The molecule has 1 spiro atoms. The molecule has 0 bridgehead atoms. The second-order valence-electron chi connectivity index (χ2n) is 25.0. The van der Waals surface area contributed by atoms with Crippen LogP contribution in [0.5, 0.6) is 0 Å². The Kier molecular flexibility index (Phi) is 10.3. The quantitative estimate of drug-likeness (QED) is 0.159. The summed E-state index contributed by atoms with van der Waals surface area (Å²) in [4.78, 5) is 7.65. The molecule has 4 aliphatic rings. The zero-order valence-corrected chi connectivity index (χ0v) is 45.8. The summed E-state index contributed by atoms with van der Waals surface area (Å²) < 4.78 is 0. The highest BCUT2D eigenvalue weighted by Crippen LogP contribution is 2.63. The summed E-state index contributed by atoms with van der Waals surface area (Å²) in [5, 5.41) is 0. The van der Waals surface area contributed by atoms with E-state index in [1.54, 1.807) is 0 Å². The number of nitrogens with zero attached hydrogens (tertiary/aromatic N) is 3. The molecule has 0 saturated heterocycles. The summed E-state index contributed by atoms with van der Waals surface area (Å²) in [5.74, 6) is 0. The van der Waals surface area contributed by atoms with Crippen LogP contribution in [0.2, 0.25) is 0 Å². The minimum absolute atomic E-state index is 0.00121. The van der Waals surface area contributed by atoms with Crippen LogP contribution >= 0.6 is 0 Å². The number of hydrogen-bond acceptors (Lipinski definition) is 3. The fourth-order valence-corrected chi connectivity index (χ4v) is 13.5. The van der Waals surface area contributed by atoms with Gasteiger partial charge >= 0.3 is 0 Å². The van der Waals surface area contributed by atoms with E-state index in [9.17, 15) is 0 Å². The van der Waals surface area contributed by atoms with Gasteiger partial charge in [0.25, 0.3) is 6.71 Å². The van der Waals surface area contributed by atoms with E-state index >= 15 is 0 Å². The Morgan fingerprint density at radius 2 is 0.792 bits per heavy atom. The Hall–Kier alpha value is -8.34. The molecular formula is C73H64BN3. The van der Waals surface area contributed by atoms with E-state index in [4.69, 9.17) is 0 Å². The number of benzene rings is 10.